The number of anilines is 3. The van der Waals surface area contributed by atoms with Crippen molar-refractivity contribution >= 4 is 76.0 Å². The fourth-order valence-electron chi connectivity index (χ4n) is 6.23. The van der Waals surface area contributed by atoms with E-state index in [4.69, 9.17) is 18.9 Å². The number of rotatable bonds is 16. The zero-order valence-corrected chi connectivity index (χ0v) is 37.8. The Morgan fingerprint density at radius 2 is 0.931 bits per heavy atom. The first kappa shape index (κ1) is 52.4. The number of carbonyl (C=O) groups is 8. The molecule has 0 aromatic heterocycles. The molecule has 3 amide bonds. The van der Waals surface area contributed by atoms with Crippen molar-refractivity contribution in [2.75, 3.05) is 37.3 Å². The number of carboxylic acid groups (broad SMARTS) is 2. The average molecular weight is 988 g/mol. The molecule has 0 aliphatic heterocycles. The molecule has 0 bridgehead atoms. The lowest BCUT2D eigenvalue weighted by Crippen LogP contribution is -2.14. The minimum absolute atomic E-state index is 0.0148. The van der Waals surface area contributed by atoms with Crippen LogP contribution in [0.1, 0.15) is 79.4 Å². The van der Waals surface area contributed by atoms with Crippen molar-refractivity contribution in [1.29, 1.82) is 0 Å². The number of ether oxygens (including phenoxy) is 5. The lowest BCUT2D eigenvalue weighted by molar-refractivity contribution is -0.385. The smallest absolute Gasteiger partial charge is 0.338 e. The number of hydrogen-bond donors (Lipinski definition) is 5. The molecule has 24 heteroatoms. The highest BCUT2D eigenvalue weighted by Crippen LogP contribution is 2.35. The Bertz CT molecular complexity index is 3190. The van der Waals surface area contributed by atoms with Crippen LogP contribution in [0.4, 0.5) is 28.4 Å². The fraction of sp³-hybridized carbons (Fsp3) is 0.0833. The van der Waals surface area contributed by atoms with Crippen molar-refractivity contribution in [3.8, 4) is 23.0 Å². The van der Waals surface area contributed by atoms with Crippen molar-refractivity contribution in [1.82, 2.24) is 0 Å². The van der Waals surface area contributed by atoms with Crippen LogP contribution < -0.4 is 25.4 Å². The van der Waals surface area contributed by atoms with E-state index in [9.17, 15) is 68.8 Å². The van der Waals surface area contributed by atoms with Gasteiger partial charge in [-0.15, -0.1) is 0 Å². The second kappa shape index (κ2) is 23.5. The second-order valence-corrected chi connectivity index (χ2v) is 14.3. The fourth-order valence-corrected chi connectivity index (χ4v) is 6.23. The normalized spacial score (nSPS) is 10.2. The van der Waals surface area contributed by atoms with Gasteiger partial charge in [0.05, 0.1) is 70.4 Å². The number of nitrogens with one attached hydrogen (secondary N) is 3. The number of aromatic carboxylic acids is 2. The number of amides is 3. The number of non-ortho nitro benzene ring substituents is 2. The monoisotopic (exact) mass is 987 g/mol. The average Bonchev–Trinajstić information content (AvgIpc) is 3.36. The molecule has 24 nitrogen and oxygen atoms in total. The van der Waals surface area contributed by atoms with Crippen molar-refractivity contribution < 1.29 is 82.1 Å². The summed E-state index contributed by atoms with van der Waals surface area (Å²) in [7, 11) is 3.49. The Hall–Kier alpha value is -10.5. The second-order valence-electron chi connectivity index (χ2n) is 14.3. The molecule has 72 heavy (non-hydrogen) atoms. The molecule has 5 N–H and O–H groups in total. The van der Waals surface area contributed by atoms with E-state index in [0.717, 1.165) is 38.5 Å². The van der Waals surface area contributed by atoms with E-state index in [1.165, 1.54) is 111 Å². The van der Waals surface area contributed by atoms with E-state index >= 15 is 0 Å². The van der Waals surface area contributed by atoms with E-state index in [1.54, 1.807) is 0 Å². The first-order valence-corrected chi connectivity index (χ1v) is 20.3. The third kappa shape index (κ3) is 13.3. The van der Waals surface area contributed by atoms with Crippen LogP contribution in [0, 0.1) is 20.2 Å². The molecule has 0 fully saturated rings. The van der Waals surface area contributed by atoms with Crippen LogP contribution in [-0.4, -0.2) is 89.0 Å². The summed E-state index contributed by atoms with van der Waals surface area (Å²) in [6.45, 7) is 1.28. The molecule has 6 aromatic carbocycles. The molecule has 0 aliphatic rings. The number of nitro benzene ring substituents is 2. The zero-order valence-electron chi connectivity index (χ0n) is 37.8. The largest absolute Gasteiger partial charge is 0.478 e. The summed E-state index contributed by atoms with van der Waals surface area (Å²) >= 11 is 0. The van der Waals surface area contributed by atoms with Crippen LogP contribution in [0.25, 0.3) is 0 Å². The highest BCUT2D eigenvalue weighted by molar-refractivity contribution is 6.08. The third-order valence-corrected chi connectivity index (χ3v) is 9.54. The summed E-state index contributed by atoms with van der Waals surface area (Å²) in [4.78, 5) is 117. The topological polar surface area (TPSA) is 346 Å². The number of carbonyl (C=O) groups excluding carboxylic acids is 6. The van der Waals surface area contributed by atoms with Crippen LogP contribution in [0.5, 0.6) is 23.0 Å². The zero-order chi connectivity index (χ0) is 52.8. The Kier molecular flexibility index (Phi) is 17.1. The number of carboxylic acids is 2. The minimum Gasteiger partial charge on any atom is -0.478 e. The van der Waals surface area contributed by atoms with Gasteiger partial charge >= 0.3 is 29.8 Å². The van der Waals surface area contributed by atoms with E-state index in [0.29, 0.717) is 5.69 Å². The highest BCUT2D eigenvalue weighted by Gasteiger charge is 2.23. The van der Waals surface area contributed by atoms with Gasteiger partial charge in [-0.3, -0.25) is 34.6 Å². The lowest BCUT2D eigenvalue weighted by atomic mass is 10.1. The maximum absolute atomic E-state index is 12.9. The first-order chi connectivity index (χ1) is 34.2. The maximum Gasteiger partial charge on any atom is 0.338 e. The summed E-state index contributed by atoms with van der Waals surface area (Å²) in [5.74, 6) is -6.87. The van der Waals surface area contributed by atoms with Gasteiger partial charge in [-0.25, -0.2) is 24.0 Å². The molecular weight excluding hydrogens is 951 g/mol. The molecule has 0 atom stereocenters. The number of nitrogens with zero attached hydrogens (tertiary/aromatic N) is 2. The Balaban J connectivity index is 0.000000268. The summed E-state index contributed by atoms with van der Waals surface area (Å²) < 4.78 is 25.7. The third-order valence-electron chi connectivity index (χ3n) is 9.54. The number of esters is 3. The Morgan fingerprint density at radius 3 is 1.40 bits per heavy atom. The van der Waals surface area contributed by atoms with E-state index < -0.39 is 62.6 Å². The van der Waals surface area contributed by atoms with E-state index in [-0.39, 0.29) is 79.5 Å². The molecule has 368 valence electrons. The molecule has 6 rings (SSSR count). The van der Waals surface area contributed by atoms with Crippen LogP contribution in [-0.2, 0) is 19.0 Å². The predicted octanol–water partition coefficient (Wildman–Crippen LogP) is 7.99. The predicted molar refractivity (Wildman–Crippen MR) is 250 cm³/mol. The maximum atomic E-state index is 12.9. The minimum atomic E-state index is -1.48. The summed E-state index contributed by atoms with van der Waals surface area (Å²) in [6, 6.07) is 25.6. The number of nitro groups is 2. The summed E-state index contributed by atoms with van der Waals surface area (Å²) in [5.41, 5.74) is -1.28. The van der Waals surface area contributed by atoms with Crippen LogP contribution in [0.2, 0.25) is 0 Å². The van der Waals surface area contributed by atoms with Gasteiger partial charge < -0.3 is 49.8 Å². The molecule has 6 aromatic rings. The van der Waals surface area contributed by atoms with Gasteiger partial charge in [0.25, 0.3) is 23.2 Å². The number of benzene rings is 6. The summed E-state index contributed by atoms with van der Waals surface area (Å²) in [6.07, 6.45) is 0. The molecule has 0 radical (unpaired) electrons. The number of methoxy groups -OCH3 is 3. The Morgan fingerprint density at radius 1 is 0.472 bits per heavy atom. The van der Waals surface area contributed by atoms with Gasteiger partial charge in [0.1, 0.15) is 11.5 Å². The first-order valence-electron chi connectivity index (χ1n) is 20.3. The SMILES string of the molecule is CC(=O)Nc1ccc(Oc2ccc(C(=O)O)c(C(=O)O)c2)c(NC(=O)c2cccc([N+](=O)[O-])c2)c1.COC(=O)c1ccc(Oc2ccc(C(=O)OC)c(C(=O)OC)c2)c(NC(=O)c2cccc([N+](=O)[O-])c2)c1. The van der Waals surface area contributed by atoms with Gasteiger partial charge in [0, 0.05) is 48.0 Å². The Labute approximate surface area is 405 Å². The van der Waals surface area contributed by atoms with Crippen molar-refractivity contribution in [3.05, 3.63) is 181 Å². The van der Waals surface area contributed by atoms with Gasteiger partial charge in [0.2, 0.25) is 5.91 Å². The molecule has 0 aliphatic carbocycles. The van der Waals surface area contributed by atoms with Crippen LogP contribution in [0.15, 0.2) is 121 Å². The van der Waals surface area contributed by atoms with Crippen molar-refractivity contribution in [2.24, 2.45) is 0 Å². The molecule has 0 unspecified atom stereocenters. The number of hydrogen-bond acceptors (Lipinski definition) is 17. The van der Waals surface area contributed by atoms with Crippen molar-refractivity contribution in [2.45, 2.75) is 6.92 Å². The van der Waals surface area contributed by atoms with Gasteiger partial charge in [-0.2, -0.15) is 0 Å². The lowest BCUT2D eigenvalue weighted by Gasteiger charge is -2.15. The van der Waals surface area contributed by atoms with Crippen LogP contribution in [0.3, 0.4) is 0 Å². The van der Waals surface area contributed by atoms with E-state index in [2.05, 4.69) is 20.7 Å². The molecular formula is C48H37N5O19. The standard InChI is InChI=1S/C25H20N2O10.C23H17N3O9/c1-34-23(29)15-7-10-21(20(12-15)26-22(28)14-5-4-6-16(11-14)27(32)33)37-17-8-9-18(24(30)35-2)19(13-17)25(31)36-3;1-12(27)24-14-5-8-20(35-16-6-7-17(22(29)30)18(11-16)23(31)32)19(10-14)25-21(28)13-3-2-4-15(9-13)26(33)34/h4-13H,1-3H3,(H,26,28);2-11H,1H3,(H,24,27)(H,25,28)(H,29,30)(H,31,32). The van der Waals surface area contributed by atoms with Gasteiger partial charge in [0.15, 0.2) is 11.5 Å². The highest BCUT2D eigenvalue weighted by atomic mass is 16.6. The van der Waals surface area contributed by atoms with Crippen molar-refractivity contribution in [3.63, 3.8) is 0 Å². The quantitative estimate of drug-likeness (QED) is 0.0265. The molecule has 0 heterocycles. The molecule has 0 saturated carbocycles. The van der Waals surface area contributed by atoms with E-state index in [1.807, 2.05) is 0 Å². The van der Waals surface area contributed by atoms with Crippen LogP contribution >= 0.6 is 0 Å². The molecule has 0 spiro atoms. The van der Waals surface area contributed by atoms with Gasteiger partial charge in [-0.1, -0.05) is 12.1 Å². The van der Waals surface area contributed by atoms with Gasteiger partial charge in [-0.05, 0) is 84.9 Å². The molecule has 0 saturated heterocycles. The summed E-state index contributed by atoms with van der Waals surface area (Å²) in [5, 5.41) is 48.2.